The lowest BCUT2D eigenvalue weighted by molar-refractivity contribution is 0.00729. The van der Waals surface area contributed by atoms with Crippen molar-refractivity contribution in [2.45, 2.75) is 37.6 Å². The Balaban J connectivity index is 1.34. The standard InChI is InChI=1S/C20H24N4OS/c1-3-16(24-5-7-25-8-6-24)4-2-14(1)15-9-17-18(19-12-26-13-23-19)11-22-20(17)21-10-15/h9-14,16H,1-8H2,(H,21,22). The Labute approximate surface area is 157 Å². The smallest absolute Gasteiger partial charge is 0.137 e. The molecule has 2 aliphatic rings. The van der Waals surface area contributed by atoms with Crippen LogP contribution in [0, 0.1) is 0 Å². The Bertz CT molecular complexity index is 861. The molecule has 3 aromatic heterocycles. The Morgan fingerprint density at radius 3 is 2.73 bits per heavy atom. The van der Waals surface area contributed by atoms with Crippen molar-refractivity contribution < 1.29 is 4.74 Å². The third kappa shape index (κ3) is 3.06. The van der Waals surface area contributed by atoms with E-state index < -0.39 is 0 Å². The molecule has 1 saturated carbocycles. The first-order chi connectivity index (χ1) is 12.9. The van der Waals surface area contributed by atoms with Crippen molar-refractivity contribution in [3.63, 3.8) is 0 Å². The summed E-state index contributed by atoms with van der Waals surface area (Å²) >= 11 is 1.63. The lowest BCUT2D eigenvalue weighted by Crippen LogP contribution is -2.44. The van der Waals surface area contributed by atoms with E-state index >= 15 is 0 Å². The van der Waals surface area contributed by atoms with Crippen molar-refractivity contribution in [2.24, 2.45) is 0 Å². The van der Waals surface area contributed by atoms with Gasteiger partial charge in [0.15, 0.2) is 0 Å². The van der Waals surface area contributed by atoms with E-state index in [1.807, 2.05) is 11.7 Å². The molecule has 0 spiro atoms. The van der Waals surface area contributed by atoms with Gasteiger partial charge >= 0.3 is 0 Å². The Hall–Kier alpha value is -1.76. The number of pyridine rings is 1. The molecule has 2 fully saturated rings. The summed E-state index contributed by atoms with van der Waals surface area (Å²) < 4.78 is 5.50. The zero-order chi connectivity index (χ0) is 17.3. The van der Waals surface area contributed by atoms with E-state index in [0.717, 1.165) is 49.2 Å². The molecule has 0 amide bonds. The quantitative estimate of drug-likeness (QED) is 0.758. The Morgan fingerprint density at radius 2 is 1.96 bits per heavy atom. The molecule has 4 heterocycles. The topological polar surface area (TPSA) is 54.0 Å². The number of nitrogens with one attached hydrogen (secondary N) is 1. The number of ether oxygens (including phenoxy) is 1. The number of morpholine rings is 1. The van der Waals surface area contributed by atoms with Gasteiger partial charge in [-0.25, -0.2) is 9.97 Å². The molecule has 6 heteroatoms. The molecule has 0 radical (unpaired) electrons. The van der Waals surface area contributed by atoms with Crippen LogP contribution in [-0.4, -0.2) is 52.2 Å². The fourth-order valence-electron chi connectivity index (χ4n) is 4.52. The molecule has 0 aromatic carbocycles. The highest BCUT2D eigenvalue weighted by Crippen LogP contribution is 2.37. The highest BCUT2D eigenvalue weighted by molar-refractivity contribution is 7.07. The van der Waals surface area contributed by atoms with Crippen LogP contribution < -0.4 is 0 Å². The second kappa shape index (κ2) is 7.10. The van der Waals surface area contributed by atoms with E-state index in [1.165, 1.54) is 36.6 Å². The van der Waals surface area contributed by atoms with E-state index in [9.17, 15) is 0 Å². The molecule has 26 heavy (non-hydrogen) atoms. The number of fused-ring (bicyclic) bond motifs is 1. The normalized spacial score (nSPS) is 24.9. The summed E-state index contributed by atoms with van der Waals surface area (Å²) in [7, 11) is 0. The largest absolute Gasteiger partial charge is 0.379 e. The van der Waals surface area contributed by atoms with Gasteiger partial charge in [0.1, 0.15) is 5.65 Å². The highest BCUT2D eigenvalue weighted by Gasteiger charge is 2.28. The summed E-state index contributed by atoms with van der Waals surface area (Å²) in [5, 5.41) is 3.30. The van der Waals surface area contributed by atoms with Gasteiger partial charge in [-0.15, -0.1) is 11.3 Å². The Kier molecular flexibility index (Phi) is 4.48. The predicted octanol–water partition coefficient (Wildman–Crippen LogP) is 4.04. The lowest BCUT2D eigenvalue weighted by atomic mass is 9.81. The first-order valence-corrected chi connectivity index (χ1v) is 10.5. The van der Waals surface area contributed by atoms with E-state index in [-0.39, 0.29) is 0 Å². The maximum Gasteiger partial charge on any atom is 0.137 e. The molecular weight excluding hydrogens is 344 g/mol. The monoisotopic (exact) mass is 368 g/mol. The van der Waals surface area contributed by atoms with E-state index in [4.69, 9.17) is 4.74 Å². The molecular formula is C20H24N4OS. The minimum absolute atomic E-state index is 0.627. The fraction of sp³-hybridized carbons (Fsp3) is 0.500. The van der Waals surface area contributed by atoms with Crippen molar-refractivity contribution >= 4 is 22.4 Å². The molecule has 5 rings (SSSR count). The second-order valence-corrected chi connectivity index (χ2v) is 8.11. The third-order valence-electron chi connectivity index (χ3n) is 5.99. The van der Waals surface area contributed by atoms with Gasteiger partial charge in [-0.2, -0.15) is 0 Å². The molecule has 1 N–H and O–H groups in total. The SMILES string of the molecule is c1nc(-c2c[nH]c3ncc(C4CCC(N5CCOCC5)CC4)cc23)cs1. The van der Waals surface area contributed by atoms with Crippen LogP contribution in [-0.2, 0) is 4.74 Å². The zero-order valence-electron chi connectivity index (χ0n) is 14.9. The first kappa shape index (κ1) is 16.4. The van der Waals surface area contributed by atoms with Gasteiger partial charge in [0.2, 0.25) is 0 Å². The minimum atomic E-state index is 0.627. The summed E-state index contributed by atoms with van der Waals surface area (Å²) in [6.45, 7) is 3.99. The number of nitrogens with zero attached hydrogens (tertiary/aromatic N) is 3. The molecule has 1 saturated heterocycles. The number of aromatic amines is 1. The van der Waals surface area contributed by atoms with Crippen LogP contribution in [0.15, 0.2) is 29.4 Å². The van der Waals surface area contributed by atoms with E-state index in [2.05, 4.69) is 37.5 Å². The lowest BCUT2D eigenvalue weighted by Gasteiger charge is -2.38. The second-order valence-electron chi connectivity index (χ2n) is 7.39. The molecule has 5 nitrogen and oxygen atoms in total. The predicted molar refractivity (Wildman–Crippen MR) is 105 cm³/mol. The van der Waals surface area contributed by atoms with Gasteiger partial charge in [0, 0.05) is 47.9 Å². The zero-order valence-corrected chi connectivity index (χ0v) is 15.7. The third-order valence-corrected chi connectivity index (χ3v) is 6.58. The summed E-state index contributed by atoms with van der Waals surface area (Å²) in [5.41, 5.74) is 6.43. The van der Waals surface area contributed by atoms with Gasteiger partial charge in [0.25, 0.3) is 0 Å². The van der Waals surface area contributed by atoms with Gasteiger partial charge in [-0.3, -0.25) is 4.90 Å². The van der Waals surface area contributed by atoms with Gasteiger partial charge in [-0.05, 0) is 43.2 Å². The van der Waals surface area contributed by atoms with Crippen molar-refractivity contribution in [2.75, 3.05) is 26.3 Å². The Morgan fingerprint density at radius 1 is 1.12 bits per heavy atom. The van der Waals surface area contributed by atoms with Crippen LogP contribution in [0.3, 0.4) is 0 Å². The van der Waals surface area contributed by atoms with Gasteiger partial charge in [-0.1, -0.05) is 0 Å². The summed E-state index contributed by atoms with van der Waals surface area (Å²) in [6.07, 6.45) is 9.19. The van der Waals surface area contributed by atoms with E-state index in [0.29, 0.717) is 5.92 Å². The number of hydrogen-bond acceptors (Lipinski definition) is 5. The van der Waals surface area contributed by atoms with Crippen LogP contribution in [0.4, 0.5) is 0 Å². The van der Waals surface area contributed by atoms with Crippen molar-refractivity contribution in [3.8, 4) is 11.3 Å². The molecule has 0 unspecified atom stereocenters. The summed E-state index contributed by atoms with van der Waals surface area (Å²) in [6, 6.07) is 3.08. The summed E-state index contributed by atoms with van der Waals surface area (Å²) in [4.78, 5) is 15.1. The number of hydrogen-bond donors (Lipinski definition) is 1. The van der Waals surface area contributed by atoms with Crippen molar-refractivity contribution in [1.29, 1.82) is 0 Å². The van der Waals surface area contributed by atoms with Crippen LogP contribution in [0.1, 0.15) is 37.2 Å². The van der Waals surface area contributed by atoms with Crippen molar-refractivity contribution in [1.82, 2.24) is 19.9 Å². The van der Waals surface area contributed by atoms with Crippen LogP contribution in [0.25, 0.3) is 22.3 Å². The number of thiazole rings is 1. The average molecular weight is 369 g/mol. The molecule has 0 atom stereocenters. The fourth-order valence-corrected chi connectivity index (χ4v) is 5.07. The van der Waals surface area contributed by atoms with Gasteiger partial charge in [0.05, 0.1) is 24.4 Å². The van der Waals surface area contributed by atoms with Crippen LogP contribution in [0.5, 0.6) is 0 Å². The number of aromatic nitrogens is 3. The maximum atomic E-state index is 5.50. The van der Waals surface area contributed by atoms with Crippen LogP contribution >= 0.6 is 11.3 Å². The number of rotatable bonds is 3. The number of H-pyrrole nitrogens is 1. The molecule has 0 bridgehead atoms. The summed E-state index contributed by atoms with van der Waals surface area (Å²) in [5.74, 6) is 0.627. The van der Waals surface area contributed by atoms with E-state index in [1.54, 1.807) is 11.3 Å². The molecule has 1 aliphatic heterocycles. The van der Waals surface area contributed by atoms with Crippen molar-refractivity contribution in [3.05, 3.63) is 34.9 Å². The first-order valence-electron chi connectivity index (χ1n) is 9.56. The minimum Gasteiger partial charge on any atom is -0.379 e. The molecule has 3 aromatic rings. The molecule has 1 aliphatic carbocycles. The van der Waals surface area contributed by atoms with Gasteiger partial charge < -0.3 is 9.72 Å². The average Bonchev–Trinajstić information content (AvgIpc) is 3.38. The molecule has 136 valence electrons. The van der Waals surface area contributed by atoms with Crippen LogP contribution in [0.2, 0.25) is 0 Å². The highest BCUT2D eigenvalue weighted by atomic mass is 32.1. The maximum absolute atomic E-state index is 5.50.